The van der Waals surface area contributed by atoms with Crippen molar-refractivity contribution >= 4 is 34.7 Å². The highest BCUT2D eigenvalue weighted by Gasteiger charge is 2.39. The smallest absolute Gasteiger partial charge is 0.270 e. The van der Waals surface area contributed by atoms with Gasteiger partial charge in [0, 0.05) is 23.1 Å². The maximum Gasteiger partial charge on any atom is 0.270 e. The number of amides is 3. The summed E-state index contributed by atoms with van der Waals surface area (Å²) in [5, 5.41) is 16.7. The third-order valence-corrected chi connectivity index (χ3v) is 7.11. The molecule has 39 heavy (non-hydrogen) atoms. The van der Waals surface area contributed by atoms with Crippen molar-refractivity contribution in [1.29, 1.82) is 5.26 Å². The lowest BCUT2D eigenvalue weighted by atomic mass is 10.1. The van der Waals surface area contributed by atoms with Gasteiger partial charge < -0.3 is 15.5 Å². The van der Waals surface area contributed by atoms with Crippen LogP contribution in [0.3, 0.4) is 0 Å². The Labute approximate surface area is 226 Å². The van der Waals surface area contributed by atoms with Crippen molar-refractivity contribution in [2.45, 2.75) is 26.1 Å². The second-order valence-electron chi connectivity index (χ2n) is 8.85. The van der Waals surface area contributed by atoms with Crippen LogP contribution in [0, 0.1) is 24.1 Å². The Hall–Kier alpha value is -4.95. The predicted octanol–water partition coefficient (Wildman–Crippen LogP) is 3.81. The fourth-order valence-corrected chi connectivity index (χ4v) is 4.95. The summed E-state index contributed by atoms with van der Waals surface area (Å²) in [6.07, 6.45) is 1.10. The molecule has 2 aromatic heterocycles. The van der Waals surface area contributed by atoms with Crippen molar-refractivity contribution < 1.29 is 18.8 Å². The van der Waals surface area contributed by atoms with Gasteiger partial charge in [0.2, 0.25) is 0 Å². The van der Waals surface area contributed by atoms with Crippen molar-refractivity contribution in [3.63, 3.8) is 0 Å². The number of anilines is 1. The minimum atomic E-state index is -0.992. The molecule has 1 unspecified atom stereocenters. The molecular formula is C28H21FN6O3S. The van der Waals surface area contributed by atoms with E-state index in [1.165, 1.54) is 23.5 Å². The van der Waals surface area contributed by atoms with Gasteiger partial charge in [0.25, 0.3) is 17.7 Å². The molecule has 0 saturated carbocycles. The fraction of sp³-hybridized carbons (Fsp3) is 0.143. The molecule has 0 fully saturated rings. The van der Waals surface area contributed by atoms with E-state index in [9.17, 15) is 24.0 Å². The van der Waals surface area contributed by atoms with E-state index in [1.807, 2.05) is 17.5 Å². The highest BCUT2D eigenvalue weighted by atomic mass is 32.1. The number of aryl methyl sites for hydroxylation is 1. The summed E-state index contributed by atoms with van der Waals surface area (Å²) < 4.78 is 13.5. The summed E-state index contributed by atoms with van der Waals surface area (Å²) >= 11 is 1.50. The first-order valence-corrected chi connectivity index (χ1v) is 12.8. The first kappa shape index (κ1) is 25.7. The number of carbonyl (C=O) groups excluding carboxylic acids is 3. The molecule has 3 amide bonds. The molecule has 9 nitrogen and oxygen atoms in total. The van der Waals surface area contributed by atoms with Crippen LogP contribution in [0.2, 0.25) is 0 Å². The van der Waals surface area contributed by atoms with Gasteiger partial charge in [0.05, 0.1) is 23.9 Å². The van der Waals surface area contributed by atoms with Crippen LogP contribution in [-0.4, -0.2) is 27.7 Å². The predicted molar refractivity (Wildman–Crippen MR) is 141 cm³/mol. The number of halogens is 1. The summed E-state index contributed by atoms with van der Waals surface area (Å²) in [5.74, 6) is -1.88. The zero-order valence-corrected chi connectivity index (χ0v) is 21.5. The highest BCUT2D eigenvalue weighted by Crippen LogP contribution is 2.38. The summed E-state index contributed by atoms with van der Waals surface area (Å²) in [6.45, 7) is 2.08. The Balaban J connectivity index is 1.32. The van der Waals surface area contributed by atoms with E-state index in [0.29, 0.717) is 34.5 Å². The molecule has 0 saturated heterocycles. The van der Waals surface area contributed by atoms with Gasteiger partial charge in [-0.15, -0.1) is 11.3 Å². The molecular weight excluding hydrogens is 519 g/mol. The molecule has 3 heterocycles. The van der Waals surface area contributed by atoms with Crippen LogP contribution in [0.5, 0.6) is 0 Å². The Bertz CT molecular complexity index is 1630. The van der Waals surface area contributed by atoms with Crippen molar-refractivity contribution in [3.8, 4) is 6.07 Å². The molecule has 0 bridgehead atoms. The summed E-state index contributed by atoms with van der Waals surface area (Å²) in [5.41, 5.74) is 2.55. The largest absolute Gasteiger partial charge is 0.347 e. The van der Waals surface area contributed by atoms with Gasteiger partial charge in [0.1, 0.15) is 29.6 Å². The van der Waals surface area contributed by atoms with Gasteiger partial charge >= 0.3 is 0 Å². The molecule has 11 heteroatoms. The van der Waals surface area contributed by atoms with Crippen molar-refractivity contribution in [1.82, 2.24) is 20.6 Å². The first-order chi connectivity index (χ1) is 18.8. The highest BCUT2D eigenvalue weighted by molar-refractivity contribution is 7.09. The summed E-state index contributed by atoms with van der Waals surface area (Å²) in [7, 11) is 0. The van der Waals surface area contributed by atoms with E-state index in [2.05, 4.69) is 26.7 Å². The van der Waals surface area contributed by atoms with E-state index in [-0.39, 0.29) is 29.7 Å². The number of nitriles is 1. The molecule has 0 radical (unpaired) electrons. The molecule has 1 aliphatic rings. The van der Waals surface area contributed by atoms with Crippen LogP contribution in [-0.2, 0) is 17.9 Å². The van der Waals surface area contributed by atoms with Crippen LogP contribution in [0.25, 0.3) is 0 Å². The lowest BCUT2D eigenvalue weighted by Gasteiger charge is -2.17. The Morgan fingerprint density at radius 2 is 1.90 bits per heavy atom. The van der Waals surface area contributed by atoms with Crippen LogP contribution < -0.4 is 15.5 Å². The molecule has 4 aromatic rings. The number of carbonyl (C=O) groups is 3. The van der Waals surface area contributed by atoms with Crippen molar-refractivity contribution in [3.05, 3.63) is 111 Å². The maximum absolute atomic E-state index is 13.5. The monoisotopic (exact) mass is 540 g/mol. The van der Waals surface area contributed by atoms with E-state index in [0.717, 1.165) is 11.2 Å². The molecule has 2 N–H and O–H groups in total. The molecule has 2 aromatic carbocycles. The van der Waals surface area contributed by atoms with E-state index >= 15 is 0 Å². The number of nitrogens with zero attached hydrogens (tertiary/aromatic N) is 4. The number of rotatable bonds is 7. The Kier molecular flexibility index (Phi) is 7.12. The minimum Gasteiger partial charge on any atom is -0.347 e. The standard InChI is InChI=1S/C28H21FN6O3S/c1-16-9-18(5-7-21(16)29)13-31-26(36)22-11-23(33-15-32-22)27(37)34-25-20-6-4-17(12-30)10-24(20)35(28(25)38)14-19-3-2-8-39-19/h2-11,15,25H,13-14H2,1H3,(H,31,36)(H,34,37). The van der Waals surface area contributed by atoms with Crippen LogP contribution in [0.4, 0.5) is 10.1 Å². The van der Waals surface area contributed by atoms with Crippen LogP contribution in [0.1, 0.15) is 54.1 Å². The molecule has 1 aliphatic heterocycles. The van der Waals surface area contributed by atoms with Crippen molar-refractivity contribution in [2.75, 3.05) is 4.90 Å². The Morgan fingerprint density at radius 3 is 2.62 bits per heavy atom. The van der Waals surface area contributed by atoms with E-state index < -0.39 is 17.9 Å². The van der Waals surface area contributed by atoms with Crippen LogP contribution in [0.15, 0.2) is 66.3 Å². The normalized spacial score (nSPS) is 14.0. The van der Waals surface area contributed by atoms with Gasteiger partial charge in [-0.25, -0.2) is 14.4 Å². The van der Waals surface area contributed by atoms with Gasteiger partial charge in [-0.3, -0.25) is 14.4 Å². The van der Waals surface area contributed by atoms with Gasteiger partial charge in [0.15, 0.2) is 0 Å². The fourth-order valence-electron chi connectivity index (χ4n) is 4.26. The molecule has 1 atom stereocenters. The zero-order valence-electron chi connectivity index (χ0n) is 20.6. The Morgan fingerprint density at radius 1 is 1.10 bits per heavy atom. The van der Waals surface area contributed by atoms with Crippen molar-refractivity contribution in [2.24, 2.45) is 0 Å². The van der Waals surface area contributed by atoms with E-state index in [1.54, 1.807) is 42.2 Å². The second kappa shape index (κ2) is 10.8. The minimum absolute atomic E-state index is 0.0369. The zero-order chi connectivity index (χ0) is 27.5. The molecule has 0 aliphatic carbocycles. The summed E-state index contributed by atoms with van der Waals surface area (Å²) in [6, 6.07) is 15.5. The number of aromatic nitrogens is 2. The molecule has 5 rings (SSSR count). The topological polar surface area (TPSA) is 128 Å². The lowest BCUT2D eigenvalue weighted by Crippen LogP contribution is -2.37. The lowest BCUT2D eigenvalue weighted by molar-refractivity contribution is -0.119. The third-order valence-electron chi connectivity index (χ3n) is 6.25. The summed E-state index contributed by atoms with van der Waals surface area (Å²) in [4.78, 5) is 49.6. The number of nitrogens with one attached hydrogen (secondary N) is 2. The molecule has 194 valence electrons. The maximum atomic E-state index is 13.5. The van der Waals surface area contributed by atoms with Gasteiger partial charge in [-0.1, -0.05) is 24.3 Å². The molecule has 0 spiro atoms. The van der Waals surface area contributed by atoms with Crippen LogP contribution >= 0.6 is 11.3 Å². The number of benzene rings is 2. The number of fused-ring (bicyclic) bond motifs is 1. The SMILES string of the molecule is Cc1cc(CNC(=O)c2cc(C(=O)NC3C(=O)N(Cc4cccs4)c4cc(C#N)ccc43)ncn2)ccc1F. The quantitative estimate of drug-likeness (QED) is 0.367. The second-order valence-corrected chi connectivity index (χ2v) is 9.88. The van der Waals surface area contributed by atoms with E-state index in [4.69, 9.17) is 0 Å². The number of thiophene rings is 1. The average Bonchev–Trinajstić information content (AvgIpc) is 3.56. The number of hydrogen-bond acceptors (Lipinski definition) is 7. The number of hydrogen-bond donors (Lipinski definition) is 2. The third kappa shape index (κ3) is 5.37. The van der Waals surface area contributed by atoms with Gasteiger partial charge in [-0.05, 0) is 47.7 Å². The average molecular weight is 541 g/mol. The first-order valence-electron chi connectivity index (χ1n) is 11.9. The van der Waals surface area contributed by atoms with Gasteiger partial charge in [-0.2, -0.15) is 5.26 Å².